The van der Waals surface area contributed by atoms with E-state index in [0.717, 1.165) is 11.2 Å². The van der Waals surface area contributed by atoms with E-state index in [1.54, 1.807) is 24.3 Å². The van der Waals surface area contributed by atoms with Crippen molar-refractivity contribution >= 4 is 27.7 Å². The molecule has 0 aliphatic carbocycles. The predicted molar refractivity (Wildman–Crippen MR) is 97.1 cm³/mol. The Labute approximate surface area is 144 Å². The van der Waals surface area contributed by atoms with Gasteiger partial charge in [-0.2, -0.15) is 5.10 Å². The summed E-state index contributed by atoms with van der Waals surface area (Å²) in [5.41, 5.74) is 13.4. The normalized spacial score (nSPS) is 11.9. The van der Waals surface area contributed by atoms with Crippen LogP contribution >= 0.6 is 0 Å². The van der Waals surface area contributed by atoms with Gasteiger partial charge in [0.1, 0.15) is 5.65 Å². The Morgan fingerprint density at radius 2 is 1.88 bits per heavy atom. The average Bonchev–Trinajstić information content (AvgIpc) is 2.93. The van der Waals surface area contributed by atoms with E-state index in [9.17, 15) is 8.42 Å². The minimum Gasteiger partial charge on any atom is -0.369 e. The van der Waals surface area contributed by atoms with Crippen LogP contribution in [0.4, 0.5) is 0 Å². The smallest absolute Gasteiger partial charge is 0.211 e. The molecule has 25 heavy (non-hydrogen) atoms. The van der Waals surface area contributed by atoms with Gasteiger partial charge in [-0.1, -0.05) is 18.2 Å². The Morgan fingerprint density at radius 1 is 1.16 bits per heavy atom. The van der Waals surface area contributed by atoms with E-state index in [-0.39, 0.29) is 10.9 Å². The van der Waals surface area contributed by atoms with Crippen molar-refractivity contribution in [1.29, 1.82) is 0 Å². The van der Waals surface area contributed by atoms with Crippen molar-refractivity contribution in [2.24, 2.45) is 21.7 Å². The molecule has 3 aromatic rings. The molecule has 0 saturated carbocycles. The summed E-state index contributed by atoms with van der Waals surface area (Å²) in [6.07, 6.45) is 4.51. The number of imidazole rings is 1. The summed E-state index contributed by atoms with van der Waals surface area (Å²) in [4.78, 5) is 4.83. The molecule has 2 aromatic heterocycles. The van der Waals surface area contributed by atoms with Crippen LogP contribution in [0.1, 0.15) is 5.69 Å². The highest BCUT2D eigenvalue weighted by atomic mass is 32.2. The molecule has 0 aliphatic heterocycles. The van der Waals surface area contributed by atoms with Crippen molar-refractivity contribution in [2.75, 3.05) is 6.26 Å². The fraction of sp³-hybridized carbons (Fsp3) is 0.0625. The van der Waals surface area contributed by atoms with Crippen molar-refractivity contribution in [3.05, 3.63) is 54.4 Å². The maximum absolute atomic E-state index is 11.6. The van der Waals surface area contributed by atoms with E-state index in [0.29, 0.717) is 11.4 Å². The highest BCUT2D eigenvalue weighted by Gasteiger charge is 2.14. The molecule has 4 N–H and O–H groups in total. The topological polar surface area (TPSA) is 128 Å². The van der Waals surface area contributed by atoms with Crippen molar-refractivity contribution in [1.82, 2.24) is 9.38 Å². The van der Waals surface area contributed by atoms with Crippen molar-refractivity contribution in [3.63, 3.8) is 0 Å². The maximum atomic E-state index is 11.6. The summed E-state index contributed by atoms with van der Waals surface area (Å²) in [7, 11) is -3.26. The monoisotopic (exact) mass is 356 g/mol. The van der Waals surface area contributed by atoms with Crippen molar-refractivity contribution in [3.8, 4) is 11.3 Å². The Morgan fingerprint density at radius 3 is 2.52 bits per heavy atom. The van der Waals surface area contributed by atoms with E-state index in [2.05, 4.69) is 15.2 Å². The number of aromatic nitrogens is 2. The van der Waals surface area contributed by atoms with E-state index in [4.69, 9.17) is 11.5 Å². The summed E-state index contributed by atoms with van der Waals surface area (Å²) < 4.78 is 25.1. The van der Waals surface area contributed by atoms with Crippen LogP contribution in [0.5, 0.6) is 0 Å². The largest absolute Gasteiger partial charge is 0.369 e. The molecular formula is C16H16N6O2S. The first-order valence-corrected chi connectivity index (χ1v) is 9.15. The summed E-state index contributed by atoms with van der Waals surface area (Å²) in [5.74, 6) is -0.149. The minimum absolute atomic E-state index is 0.149. The van der Waals surface area contributed by atoms with Gasteiger partial charge in [-0.05, 0) is 24.3 Å². The standard InChI is InChI=1S/C16H16N6O2S/c1-25(23,24)12-7-5-11(6-8-12)15-13(10-19-21-16(17)18)22-9-3-2-4-14(22)20-15/h2-10H,1H3,(H4,17,18,21)/b19-10+. The van der Waals surface area contributed by atoms with E-state index < -0.39 is 9.84 Å². The Bertz CT molecular complexity index is 1080. The van der Waals surface area contributed by atoms with Crippen LogP contribution in [0, 0.1) is 0 Å². The van der Waals surface area contributed by atoms with E-state index in [1.807, 2.05) is 28.8 Å². The fourth-order valence-corrected chi connectivity index (χ4v) is 2.99. The third-order valence-corrected chi connectivity index (χ3v) is 4.60. The molecule has 0 radical (unpaired) electrons. The first kappa shape index (κ1) is 16.7. The minimum atomic E-state index is -3.26. The highest BCUT2D eigenvalue weighted by Crippen LogP contribution is 2.24. The second kappa shape index (κ2) is 6.36. The lowest BCUT2D eigenvalue weighted by Gasteiger charge is -2.02. The van der Waals surface area contributed by atoms with Gasteiger partial charge in [-0.15, -0.1) is 5.10 Å². The van der Waals surface area contributed by atoms with Crippen LogP contribution in [-0.4, -0.2) is 36.2 Å². The van der Waals surface area contributed by atoms with Gasteiger partial charge in [-0.25, -0.2) is 13.4 Å². The molecule has 0 unspecified atom stereocenters. The summed E-state index contributed by atoms with van der Waals surface area (Å²) in [6.45, 7) is 0. The number of hydrogen-bond donors (Lipinski definition) is 2. The molecule has 0 spiro atoms. The second-order valence-electron chi connectivity index (χ2n) is 5.34. The quantitative estimate of drug-likeness (QED) is 0.409. The molecular weight excluding hydrogens is 340 g/mol. The highest BCUT2D eigenvalue weighted by molar-refractivity contribution is 7.90. The predicted octanol–water partition coefficient (Wildman–Crippen LogP) is 1.01. The molecule has 2 heterocycles. The van der Waals surface area contributed by atoms with Crippen LogP contribution in [0.15, 0.2) is 63.8 Å². The third-order valence-electron chi connectivity index (χ3n) is 3.48. The molecule has 3 rings (SSSR count). The van der Waals surface area contributed by atoms with Crippen LogP contribution in [0.2, 0.25) is 0 Å². The van der Waals surface area contributed by atoms with Gasteiger partial charge in [0.25, 0.3) is 0 Å². The van der Waals surface area contributed by atoms with Gasteiger partial charge in [-0.3, -0.25) is 4.40 Å². The van der Waals surface area contributed by atoms with Crippen LogP contribution in [0.25, 0.3) is 16.9 Å². The molecule has 0 saturated heterocycles. The molecule has 1 aromatic carbocycles. The molecule has 0 bridgehead atoms. The van der Waals surface area contributed by atoms with Crippen molar-refractivity contribution < 1.29 is 8.42 Å². The van der Waals surface area contributed by atoms with Crippen LogP contribution in [0.3, 0.4) is 0 Å². The third kappa shape index (κ3) is 3.50. The lowest BCUT2D eigenvalue weighted by molar-refractivity contribution is 0.602. The van der Waals surface area contributed by atoms with Gasteiger partial charge in [0.05, 0.1) is 22.5 Å². The number of rotatable bonds is 4. The zero-order chi connectivity index (χ0) is 18.0. The zero-order valence-corrected chi connectivity index (χ0v) is 14.2. The molecule has 8 nitrogen and oxygen atoms in total. The molecule has 0 atom stereocenters. The van der Waals surface area contributed by atoms with Crippen molar-refractivity contribution in [2.45, 2.75) is 4.90 Å². The SMILES string of the molecule is CS(=O)(=O)c1ccc(-c2nc3ccccn3c2/C=N/N=C(N)N)cc1. The lowest BCUT2D eigenvalue weighted by Crippen LogP contribution is -2.21. The van der Waals surface area contributed by atoms with Gasteiger partial charge < -0.3 is 11.5 Å². The second-order valence-corrected chi connectivity index (χ2v) is 7.36. The number of benzene rings is 1. The summed E-state index contributed by atoms with van der Waals surface area (Å²) in [6, 6.07) is 12.1. The van der Waals surface area contributed by atoms with Crippen LogP contribution in [-0.2, 0) is 9.84 Å². The Balaban J connectivity index is 2.15. The number of sulfone groups is 1. The van der Waals surface area contributed by atoms with Gasteiger partial charge in [0.15, 0.2) is 9.84 Å². The van der Waals surface area contributed by atoms with Gasteiger partial charge in [0.2, 0.25) is 5.96 Å². The number of fused-ring (bicyclic) bond motifs is 1. The zero-order valence-electron chi connectivity index (χ0n) is 13.4. The Kier molecular flexibility index (Phi) is 4.24. The first-order valence-electron chi connectivity index (χ1n) is 7.26. The number of nitrogens with two attached hydrogens (primary N) is 2. The maximum Gasteiger partial charge on any atom is 0.211 e. The van der Waals surface area contributed by atoms with Crippen LogP contribution < -0.4 is 11.5 Å². The van der Waals surface area contributed by atoms with E-state index in [1.165, 1.54) is 12.5 Å². The molecule has 128 valence electrons. The first-order chi connectivity index (χ1) is 11.9. The fourth-order valence-electron chi connectivity index (χ4n) is 2.36. The van der Waals surface area contributed by atoms with Gasteiger partial charge in [0, 0.05) is 18.0 Å². The number of nitrogens with zero attached hydrogens (tertiary/aromatic N) is 4. The molecule has 0 amide bonds. The number of pyridine rings is 1. The Hall–Kier alpha value is -3.20. The number of hydrogen-bond acceptors (Lipinski definition) is 5. The average molecular weight is 356 g/mol. The van der Waals surface area contributed by atoms with E-state index >= 15 is 0 Å². The molecule has 9 heteroatoms. The summed E-state index contributed by atoms with van der Waals surface area (Å²) in [5, 5.41) is 7.47. The molecule has 0 aliphatic rings. The molecule has 0 fully saturated rings. The lowest BCUT2D eigenvalue weighted by atomic mass is 10.1. The number of guanidine groups is 1. The summed E-state index contributed by atoms with van der Waals surface area (Å²) >= 11 is 0. The van der Waals surface area contributed by atoms with Gasteiger partial charge >= 0.3 is 0 Å².